The average molecular weight is 227 g/mol. The van der Waals surface area contributed by atoms with Crippen LogP contribution in [0.4, 0.5) is 0 Å². The van der Waals surface area contributed by atoms with Gasteiger partial charge >= 0.3 is 0 Å². The van der Waals surface area contributed by atoms with E-state index in [4.69, 9.17) is 0 Å². The highest BCUT2D eigenvalue weighted by atomic mass is 16.3. The number of nitrogens with one attached hydrogen (secondary N) is 1. The Morgan fingerprint density at radius 1 is 1.19 bits per heavy atom. The molecule has 0 heterocycles. The first kappa shape index (κ1) is 14.0. The van der Waals surface area contributed by atoms with Crippen molar-refractivity contribution in [2.75, 3.05) is 13.1 Å². The van der Waals surface area contributed by atoms with Crippen LogP contribution in [0.3, 0.4) is 0 Å². The number of hydrogen-bond donors (Lipinski definition) is 2. The molecule has 0 radical (unpaired) electrons. The van der Waals surface area contributed by atoms with E-state index in [9.17, 15) is 5.11 Å². The predicted molar refractivity (Wildman–Crippen MR) is 69.5 cm³/mol. The van der Waals surface area contributed by atoms with Crippen molar-refractivity contribution in [3.8, 4) is 0 Å². The van der Waals surface area contributed by atoms with Gasteiger partial charge in [0.15, 0.2) is 0 Å². The van der Waals surface area contributed by atoms with Crippen LogP contribution < -0.4 is 5.32 Å². The fourth-order valence-electron chi connectivity index (χ4n) is 2.73. The van der Waals surface area contributed by atoms with E-state index >= 15 is 0 Å². The third-order valence-corrected chi connectivity index (χ3v) is 3.80. The van der Waals surface area contributed by atoms with Gasteiger partial charge in [0.2, 0.25) is 0 Å². The summed E-state index contributed by atoms with van der Waals surface area (Å²) >= 11 is 0. The van der Waals surface area contributed by atoms with Gasteiger partial charge in [0.25, 0.3) is 0 Å². The van der Waals surface area contributed by atoms with E-state index in [1.54, 1.807) is 0 Å². The summed E-state index contributed by atoms with van der Waals surface area (Å²) in [6.07, 6.45) is 6.38. The first-order valence-electron chi connectivity index (χ1n) is 6.96. The Morgan fingerprint density at radius 3 is 2.38 bits per heavy atom. The molecule has 16 heavy (non-hydrogen) atoms. The molecule has 2 atom stereocenters. The molecule has 2 nitrogen and oxygen atoms in total. The smallest absolute Gasteiger partial charge is 0.0515 e. The van der Waals surface area contributed by atoms with E-state index < -0.39 is 0 Å². The Balaban J connectivity index is 2.02. The van der Waals surface area contributed by atoms with Crippen LogP contribution in [0.1, 0.15) is 52.9 Å². The molecule has 1 aliphatic carbocycles. The summed E-state index contributed by atoms with van der Waals surface area (Å²) in [7, 11) is 0. The second kappa shape index (κ2) is 7.29. The SMILES string of the molecule is CC1CCC(CNC[C@H](C)C[C@H](C)O)CC1. The minimum absolute atomic E-state index is 0.160. The van der Waals surface area contributed by atoms with Gasteiger partial charge in [-0.2, -0.15) is 0 Å². The van der Waals surface area contributed by atoms with E-state index in [0.717, 1.165) is 24.8 Å². The minimum atomic E-state index is -0.160. The first-order chi connectivity index (χ1) is 7.58. The number of aliphatic hydroxyl groups excluding tert-OH is 1. The summed E-state index contributed by atoms with van der Waals surface area (Å²) in [4.78, 5) is 0. The zero-order valence-corrected chi connectivity index (χ0v) is 11.2. The zero-order valence-electron chi connectivity index (χ0n) is 11.2. The average Bonchev–Trinajstić information content (AvgIpc) is 2.20. The molecule has 1 saturated carbocycles. The summed E-state index contributed by atoms with van der Waals surface area (Å²) in [6.45, 7) is 8.68. The summed E-state index contributed by atoms with van der Waals surface area (Å²) in [5.74, 6) is 2.43. The maximum atomic E-state index is 9.27. The fourth-order valence-corrected chi connectivity index (χ4v) is 2.73. The van der Waals surface area contributed by atoms with Gasteiger partial charge in [-0.25, -0.2) is 0 Å². The van der Waals surface area contributed by atoms with Crippen molar-refractivity contribution in [2.24, 2.45) is 17.8 Å². The fraction of sp³-hybridized carbons (Fsp3) is 1.00. The van der Waals surface area contributed by atoms with Crippen LogP contribution in [0.5, 0.6) is 0 Å². The Labute approximate surface area is 101 Å². The Hall–Kier alpha value is -0.0800. The quantitative estimate of drug-likeness (QED) is 0.731. The van der Waals surface area contributed by atoms with E-state index in [-0.39, 0.29) is 6.10 Å². The molecule has 0 bridgehead atoms. The standard InChI is InChI=1S/C14H29NO/c1-11-4-6-14(7-5-11)10-15-9-12(2)8-13(3)16/h11-16H,4-10H2,1-3H3/t11?,12-,13+,14?/m1/s1. The molecule has 96 valence electrons. The van der Waals surface area contributed by atoms with Crippen molar-refractivity contribution in [1.29, 1.82) is 0 Å². The van der Waals surface area contributed by atoms with E-state index in [0.29, 0.717) is 5.92 Å². The van der Waals surface area contributed by atoms with Crippen LogP contribution in [0, 0.1) is 17.8 Å². The molecule has 0 spiro atoms. The highest BCUT2D eigenvalue weighted by molar-refractivity contribution is 4.72. The van der Waals surface area contributed by atoms with Crippen molar-refractivity contribution in [1.82, 2.24) is 5.32 Å². The lowest BCUT2D eigenvalue weighted by molar-refractivity contribution is 0.162. The van der Waals surface area contributed by atoms with Gasteiger partial charge in [0.05, 0.1) is 6.10 Å². The Kier molecular flexibility index (Phi) is 6.37. The lowest BCUT2D eigenvalue weighted by Gasteiger charge is -2.26. The summed E-state index contributed by atoms with van der Waals surface area (Å²) in [5, 5.41) is 12.8. The highest BCUT2D eigenvalue weighted by Gasteiger charge is 2.17. The monoisotopic (exact) mass is 227 g/mol. The van der Waals surface area contributed by atoms with Gasteiger partial charge in [-0.15, -0.1) is 0 Å². The third kappa shape index (κ3) is 5.86. The van der Waals surface area contributed by atoms with E-state index in [1.165, 1.54) is 32.2 Å². The zero-order chi connectivity index (χ0) is 12.0. The number of hydrogen-bond acceptors (Lipinski definition) is 2. The molecule has 0 saturated heterocycles. The van der Waals surface area contributed by atoms with Crippen LogP contribution in [-0.4, -0.2) is 24.3 Å². The number of aliphatic hydroxyl groups is 1. The Morgan fingerprint density at radius 2 is 1.81 bits per heavy atom. The molecule has 0 aromatic heterocycles. The summed E-state index contributed by atoms with van der Waals surface area (Å²) < 4.78 is 0. The van der Waals surface area contributed by atoms with Crippen LogP contribution >= 0.6 is 0 Å². The molecule has 0 unspecified atom stereocenters. The first-order valence-corrected chi connectivity index (χ1v) is 6.96. The molecule has 1 fully saturated rings. The van der Waals surface area contributed by atoms with E-state index in [1.807, 2.05) is 6.92 Å². The van der Waals surface area contributed by atoms with Crippen molar-refractivity contribution in [3.05, 3.63) is 0 Å². The molecule has 0 aromatic carbocycles. The van der Waals surface area contributed by atoms with Crippen molar-refractivity contribution < 1.29 is 5.11 Å². The third-order valence-electron chi connectivity index (χ3n) is 3.80. The second-order valence-corrected chi connectivity index (χ2v) is 5.97. The van der Waals surface area contributed by atoms with Crippen LogP contribution in [-0.2, 0) is 0 Å². The summed E-state index contributed by atoms with van der Waals surface area (Å²) in [6, 6.07) is 0. The predicted octanol–water partition coefficient (Wildman–Crippen LogP) is 2.81. The molecule has 1 rings (SSSR count). The van der Waals surface area contributed by atoms with Crippen molar-refractivity contribution in [2.45, 2.75) is 59.0 Å². The topological polar surface area (TPSA) is 32.3 Å². The Bertz CT molecular complexity index is 174. The highest BCUT2D eigenvalue weighted by Crippen LogP contribution is 2.27. The molecule has 0 amide bonds. The normalized spacial score (nSPS) is 30.0. The lowest BCUT2D eigenvalue weighted by Crippen LogP contribution is -2.30. The molecule has 2 N–H and O–H groups in total. The summed E-state index contributed by atoms with van der Waals surface area (Å²) in [5.41, 5.74) is 0. The minimum Gasteiger partial charge on any atom is -0.393 e. The lowest BCUT2D eigenvalue weighted by atomic mass is 9.83. The van der Waals surface area contributed by atoms with Gasteiger partial charge in [0.1, 0.15) is 0 Å². The molecular formula is C14H29NO. The largest absolute Gasteiger partial charge is 0.393 e. The van der Waals surface area contributed by atoms with Gasteiger partial charge in [-0.1, -0.05) is 26.7 Å². The molecule has 0 aromatic rings. The van der Waals surface area contributed by atoms with Gasteiger partial charge in [-0.3, -0.25) is 0 Å². The maximum Gasteiger partial charge on any atom is 0.0515 e. The van der Waals surface area contributed by atoms with Gasteiger partial charge in [-0.05, 0) is 57.0 Å². The van der Waals surface area contributed by atoms with Crippen molar-refractivity contribution >= 4 is 0 Å². The van der Waals surface area contributed by atoms with Gasteiger partial charge < -0.3 is 10.4 Å². The maximum absolute atomic E-state index is 9.27. The van der Waals surface area contributed by atoms with Crippen LogP contribution in [0.15, 0.2) is 0 Å². The van der Waals surface area contributed by atoms with Crippen molar-refractivity contribution in [3.63, 3.8) is 0 Å². The second-order valence-electron chi connectivity index (χ2n) is 5.97. The molecule has 1 aliphatic rings. The molecular weight excluding hydrogens is 198 g/mol. The van der Waals surface area contributed by atoms with Crippen LogP contribution in [0.2, 0.25) is 0 Å². The van der Waals surface area contributed by atoms with E-state index in [2.05, 4.69) is 19.2 Å². The molecule has 0 aliphatic heterocycles. The van der Waals surface area contributed by atoms with Crippen LogP contribution in [0.25, 0.3) is 0 Å². The number of rotatable bonds is 6. The van der Waals surface area contributed by atoms with Gasteiger partial charge in [0, 0.05) is 0 Å². The molecule has 2 heteroatoms.